The van der Waals surface area contributed by atoms with Gasteiger partial charge in [0, 0.05) is 22.6 Å². The third-order valence-electron chi connectivity index (χ3n) is 5.64. The van der Waals surface area contributed by atoms with Gasteiger partial charge in [0.05, 0.1) is 22.9 Å². The fourth-order valence-corrected chi connectivity index (χ4v) is 3.85. The molecule has 3 aromatic carbocycles. The standard InChI is InChI=1S/C25H16F8N2/c1-13-21(17-11-15(24(28,29)30)7-9-19(17)26)34-23(14-5-3-2-4-6-14)35-22(13)18-12-16(25(31,32)33)8-10-20(18)27/h2-13,21H,1H3. The Morgan fingerprint density at radius 1 is 0.714 bits per heavy atom. The van der Waals surface area contributed by atoms with Crippen molar-refractivity contribution in [3.8, 4) is 0 Å². The van der Waals surface area contributed by atoms with E-state index in [0.29, 0.717) is 42.0 Å². The van der Waals surface area contributed by atoms with Crippen LogP contribution in [0.1, 0.15) is 40.8 Å². The average molecular weight is 496 g/mol. The van der Waals surface area contributed by atoms with Crippen LogP contribution >= 0.6 is 0 Å². The number of hydrogen-bond acceptors (Lipinski definition) is 2. The molecule has 35 heavy (non-hydrogen) atoms. The van der Waals surface area contributed by atoms with E-state index in [0.717, 1.165) is 0 Å². The number of hydrogen-bond donors (Lipinski definition) is 0. The molecule has 0 saturated heterocycles. The van der Waals surface area contributed by atoms with Crippen LogP contribution in [0.15, 0.2) is 76.7 Å². The minimum absolute atomic E-state index is 0.0719. The Morgan fingerprint density at radius 2 is 1.29 bits per heavy atom. The van der Waals surface area contributed by atoms with E-state index in [1.54, 1.807) is 30.3 Å². The van der Waals surface area contributed by atoms with Gasteiger partial charge < -0.3 is 0 Å². The molecule has 1 heterocycles. The second kappa shape index (κ2) is 8.90. The molecular weight excluding hydrogens is 480 g/mol. The summed E-state index contributed by atoms with van der Waals surface area (Å²) in [7, 11) is 0. The van der Waals surface area contributed by atoms with Crippen molar-refractivity contribution < 1.29 is 35.1 Å². The normalized spacial score (nSPS) is 18.8. The zero-order chi connectivity index (χ0) is 25.5. The molecule has 1 aliphatic heterocycles. The third-order valence-corrected chi connectivity index (χ3v) is 5.64. The van der Waals surface area contributed by atoms with Crippen LogP contribution in [0, 0.1) is 17.6 Å². The molecule has 0 N–H and O–H groups in total. The van der Waals surface area contributed by atoms with Crippen molar-refractivity contribution in [2.45, 2.75) is 25.3 Å². The first-order chi connectivity index (χ1) is 16.4. The molecule has 0 fully saturated rings. The molecule has 0 saturated carbocycles. The zero-order valence-electron chi connectivity index (χ0n) is 17.9. The quantitative estimate of drug-likeness (QED) is 0.333. The van der Waals surface area contributed by atoms with Gasteiger partial charge in [-0.15, -0.1) is 0 Å². The van der Waals surface area contributed by atoms with Crippen LogP contribution in [0.4, 0.5) is 35.1 Å². The fourth-order valence-electron chi connectivity index (χ4n) is 3.85. The van der Waals surface area contributed by atoms with Gasteiger partial charge in [0.25, 0.3) is 0 Å². The van der Waals surface area contributed by atoms with E-state index in [9.17, 15) is 35.1 Å². The highest BCUT2D eigenvalue weighted by atomic mass is 19.4. The maximum atomic E-state index is 14.8. The summed E-state index contributed by atoms with van der Waals surface area (Å²) in [6, 6.07) is 10.4. The summed E-state index contributed by atoms with van der Waals surface area (Å²) in [5, 5.41) is 0. The Morgan fingerprint density at radius 3 is 1.89 bits per heavy atom. The maximum absolute atomic E-state index is 14.8. The summed E-state index contributed by atoms with van der Waals surface area (Å²) in [6.45, 7) is 1.40. The molecule has 10 heteroatoms. The molecular formula is C25H16F8N2. The lowest BCUT2D eigenvalue weighted by molar-refractivity contribution is -0.138. The summed E-state index contributed by atoms with van der Waals surface area (Å²) in [5.74, 6) is -3.13. The van der Waals surface area contributed by atoms with E-state index in [-0.39, 0.29) is 11.5 Å². The molecule has 0 amide bonds. The highest BCUT2D eigenvalue weighted by Gasteiger charge is 2.37. The summed E-state index contributed by atoms with van der Waals surface area (Å²) < 4.78 is 109. The Hall–Kier alpha value is -3.56. The monoisotopic (exact) mass is 496 g/mol. The van der Waals surface area contributed by atoms with Gasteiger partial charge in [-0.3, -0.25) is 4.99 Å². The van der Waals surface area contributed by atoms with Gasteiger partial charge in [-0.2, -0.15) is 26.3 Å². The fraction of sp³-hybridized carbons (Fsp3) is 0.200. The molecule has 4 rings (SSSR count). The molecule has 0 aliphatic carbocycles. The Labute approximate surface area is 194 Å². The van der Waals surface area contributed by atoms with Crippen LogP contribution in [0.5, 0.6) is 0 Å². The van der Waals surface area contributed by atoms with Crippen molar-refractivity contribution in [3.63, 3.8) is 0 Å². The largest absolute Gasteiger partial charge is 0.416 e. The van der Waals surface area contributed by atoms with Crippen LogP contribution < -0.4 is 0 Å². The first kappa shape index (κ1) is 24.6. The number of halogens is 8. The number of amidine groups is 1. The summed E-state index contributed by atoms with van der Waals surface area (Å²) >= 11 is 0. The van der Waals surface area contributed by atoms with E-state index >= 15 is 0 Å². The molecule has 2 nitrogen and oxygen atoms in total. The number of alkyl halides is 6. The van der Waals surface area contributed by atoms with Gasteiger partial charge in [0.15, 0.2) is 5.84 Å². The SMILES string of the molecule is CC1C(c2cc(C(F)(F)F)ccc2F)=NC(c2ccccc2)=NC1c1cc(C(F)(F)F)ccc1F. The van der Waals surface area contributed by atoms with Gasteiger partial charge in [0.2, 0.25) is 0 Å². The average Bonchev–Trinajstić information content (AvgIpc) is 2.79. The molecule has 3 aromatic rings. The van der Waals surface area contributed by atoms with Gasteiger partial charge in [-0.25, -0.2) is 13.8 Å². The zero-order valence-corrected chi connectivity index (χ0v) is 17.9. The van der Waals surface area contributed by atoms with Gasteiger partial charge >= 0.3 is 12.4 Å². The Kier molecular flexibility index (Phi) is 6.25. The smallest absolute Gasteiger partial charge is 0.257 e. The second-order valence-corrected chi connectivity index (χ2v) is 7.98. The van der Waals surface area contributed by atoms with Crippen molar-refractivity contribution in [1.82, 2.24) is 0 Å². The molecule has 2 unspecified atom stereocenters. The first-order valence-electron chi connectivity index (χ1n) is 10.3. The number of rotatable bonds is 3. The van der Waals surface area contributed by atoms with E-state index < -0.39 is 58.2 Å². The molecule has 1 aliphatic rings. The van der Waals surface area contributed by atoms with Crippen LogP contribution in [0.2, 0.25) is 0 Å². The summed E-state index contributed by atoms with van der Waals surface area (Å²) in [6.07, 6.45) is -9.54. The lowest BCUT2D eigenvalue weighted by Gasteiger charge is -2.29. The Balaban J connectivity index is 1.92. The predicted octanol–water partition coefficient (Wildman–Crippen LogP) is 7.63. The van der Waals surface area contributed by atoms with Crippen molar-refractivity contribution in [2.75, 3.05) is 0 Å². The lowest BCUT2D eigenvalue weighted by atomic mass is 9.85. The number of benzene rings is 3. The van der Waals surface area contributed by atoms with Crippen molar-refractivity contribution >= 4 is 11.5 Å². The topological polar surface area (TPSA) is 24.7 Å². The molecule has 0 radical (unpaired) electrons. The second-order valence-electron chi connectivity index (χ2n) is 7.98. The van der Waals surface area contributed by atoms with Crippen LogP contribution in [-0.2, 0) is 12.4 Å². The highest BCUT2D eigenvalue weighted by molar-refractivity contribution is 6.15. The van der Waals surface area contributed by atoms with Crippen molar-refractivity contribution in [2.24, 2.45) is 15.9 Å². The highest BCUT2D eigenvalue weighted by Crippen LogP contribution is 2.39. The summed E-state index contributed by atoms with van der Waals surface area (Å²) in [5.41, 5.74) is -2.99. The van der Waals surface area contributed by atoms with E-state index in [1.165, 1.54) is 6.92 Å². The van der Waals surface area contributed by atoms with Gasteiger partial charge in [0.1, 0.15) is 11.6 Å². The molecule has 0 aromatic heterocycles. The minimum atomic E-state index is -4.77. The van der Waals surface area contributed by atoms with E-state index in [2.05, 4.69) is 9.98 Å². The van der Waals surface area contributed by atoms with Crippen molar-refractivity contribution in [3.05, 3.63) is 106 Å². The van der Waals surface area contributed by atoms with Crippen LogP contribution in [0.25, 0.3) is 0 Å². The van der Waals surface area contributed by atoms with Gasteiger partial charge in [-0.1, -0.05) is 37.3 Å². The van der Waals surface area contributed by atoms with E-state index in [1.807, 2.05) is 0 Å². The predicted molar refractivity (Wildman–Crippen MR) is 114 cm³/mol. The molecule has 2 atom stereocenters. The minimum Gasteiger partial charge on any atom is -0.257 e. The molecule has 0 spiro atoms. The van der Waals surface area contributed by atoms with Crippen molar-refractivity contribution in [1.29, 1.82) is 0 Å². The molecule has 0 bridgehead atoms. The van der Waals surface area contributed by atoms with E-state index in [4.69, 9.17) is 0 Å². The van der Waals surface area contributed by atoms with Crippen LogP contribution in [0.3, 0.4) is 0 Å². The van der Waals surface area contributed by atoms with Gasteiger partial charge in [-0.05, 0) is 36.4 Å². The Bertz CT molecular complexity index is 1310. The maximum Gasteiger partial charge on any atom is 0.416 e. The number of nitrogens with zero attached hydrogens (tertiary/aromatic N) is 2. The molecule has 182 valence electrons. The van der Waals surface area contributed by atoms with Crippen LogP contribution in [-0.4, -0.2) is 11.5 Å². The summed E-state index contributed by atoms with van der Waals surface area (Å²) in [4.78, 5) is 8.62. The first-order valence-corrected chi connectivity index (χ1v) is 10.3. The third kappa shape index (κ3) is 4.96. The lowest BCUT2D eigenvalue weighted by Crippen LogP contribution is -2.28. The number of aliphatic imine (C=N–C) groups is 2.